The Labute approximate surface area is 365 Å². The van der Waals surface area contributed by atoms with Gasteiger partial charge >= 0.3 is 25.7 Å². The molecule has 12 nitrogen and oxygen atoms in total. The maximum absolute atomic E-state index is 12.6. The van der Waals surface area contributed by atoms with Crippen LogP contribution in [0.3, 0.4) is 0 Å². The Morgan fingerprint density at radius 1 is 0.557 bits per heavy atom. The maximum atomic E-state index is 12.6. The lowest BCUT2D eigenvalue weighted by molar-refractivity contribution is -0.161. The molecule has 4 N–H and O–H groups in total. The normalized spacial score (nSPS) is 14.6. The van der Waals surface area contributed by atoms with E-state index in [-0.39, 0.29) is 31.5 Å². The number of carboxylic acids is 1. The fourth-order valence-corrected chi connectivity index (χ4v) is 5.78. The number of carbonyl (C=O) groups excluding carboxylic acids is 3. The highest BCUT2D eigenvalue weighted by Gasteiger charge is 2.28. The number of aliphatic carboxylic acids is 1. The summed E-state index contributed by atoms with van der Waals surface area (Å²) in [7, 11) is -4.81. The van der Waals surface area contributed by atoms with Crippen molar-refractivity contribution in [2.75, 3.05) is 19.8 Å². The molecule has 13 heteroatoms. The second-order valence-corrected chi connectivity index (χ2v) is 15.6. The zero-order valence-corrected chi connectivity index (χ0v) is 37.6. The first-order chi connectivity index (χ1) is 29.5. The number of phosphoric ester groups is 1. The van der Waals surface area contributed by atoms with E-state index in [2.05, 4.69) is 85.2 Å². The second-order valence-electron chi connectivity index (χ2n) is 14.2. The SMILES string of the molecule is CCCCC/C=C\C/C=C\C/C=C\C=C\C(=O)CCCC(=O)O[C@H](COC(=O)CC/C=C\C/C=C\C/C=C\C/C=C\C/C=C\CCCCC)COP(=O)(O)OC[C@H](N)C(=O)O. The topological polar surface area (TPSA) is 189 Å². The van der Waals surface area contributed by atoms with Gasteiger partial charge in [0.1, 0.15) is 12.6 Å². The third kappa shape index (κ3) is 41.0. The summed E-state index contributed by atoms with van der Waals surface area (Å²) in [5, 5.41) is 8.88. The molecule has 0 aromatic heterocycles. The summed E-state index contributed by atoms with van der Waals surface area (Å²) in [5.74, 6) is -2.97. The minimum absolute atomic E-state index is 0.0414. The van der Waals surface area contributed by atoms with Gasteiger partial charge in [-0.25, -0.2) is 4.57 Å². The Morgan fingerprint density at radius 2 is 1.03 bits per heavy atom. The molecule has 1 unspecified atom stereocenters. The van der Waals surface area contributed by atoms with E-state index in [9.17, 15) is 28.6 Å². The summed E-state index contributed by atoms with van der Waals surface area (Å²) in [6.45, 7) is 2.40. The number of hydrogen-bond donors (Lipinski definition) is 3. The highest BCUT2D eigenvalue weighted by atomic mass is 31.2. The zero-order chi connectivity index (χ0) is 45.1. The highest BCUT2D eigenvalue weighted by Crippen LogP contribution is 2.43. The van der Waals surface area contributed by atoms with E-state index < -0.39 is 57.7 Å². The van der Waals surface area contributed by atoms with Crippen molar-refractivity contribution < 1.29 is 52.3 Å². The van der Waals surface area contributed by atoms with E-state index in [1.807, 2.05) is 24.3 Å². The van der Waals surface area contributed by atoms with E-state index in [0.29, 0.717) is 12.8 Å². The van der Waals surface area contributed by atoms with Crippen molar-refractivity contribution in [3.05, 3.63) is 109 Å². The van der Waals surface area contributed by atoms with E-state index in [4.69, 9.17) is 24.8 Å². The molecule has 0 aliphatic carbocycles. The molecule has 0 fully saturated rings. The van der Waals surface area contributed by atoms with Crippen molar-refractivity contribution >= 4 is 31.5 Å². The summed E-state index contributed by atoms with van der Waals surface area (Å²) in [5.41, 5.74) is 5.31. The molecule has 0 aromatic rings. The van der Waals surface area contributed by atoms with Crippen molar-refractivity contribution in [1.29, 1.82) is 0 Å². The number of phosphoric acid groups is 1. The summed E-state index contributed by atoms with van der Waals surface area (Å²) >= 11 is 0. The Kier molecular flexibility index (Phi) is 38.3. The van der Waals surface area contributed by atoms with E-state index >= 15 is 0 Å². The summed E-state index contributed by atoms with van der Waals surface area (Å²) in [4.78, 5) is 58.2. The van der Waals surface area contributed by atoms with Crippen LogP contribution < -0.4 is 5.73 Å². The van der Waals surface area contributed by atoms with Crippen LogP contribution in [0, 0.1) is 0 Å². The monoisotopic (exact) mass is 871 g/mol. The predicted molar refractivity (Wildman–Crippen MR) is 245 cm³/mol. The van der Waals surface area contributed by atoms with Crippen LogP contribution >= 0.6 is 7.82 Å². The number of ether oxygens (including phenoxy) is 2. The van der Waals surface area contributed by atoms with Gasteiger partial charge in [-0.05, 0) is 83.1 Å². The lowest BCUT2D eigenvalue weighted by atomic mass is 10.1. The highest BCUT2D eigenvalue weighted by molar-refractivity contribution is 7.47. The molecular formula is C48H74NO11P. The van der Waals surface area contributed by atoms with Crippen LogP contribution in [0.4, 0.5) is 0 Å². The lowest BCUT2D eigenvalue weighted by Gasteiger charge is -2.20. The molecule has 0 amide bonds. The van der Waals surface area contributed by atoms with Crippen LogP contribution in [0.25, 0.3) is 0 Å². The number of hydrogen-bond acceptors (Lipinski definition) is 10. The third-order valence-corrected chi connectivity index (χ3v) is 9.43. The molecule has 0 rings (SSSR count). The molecule has 0 heterocycles. The largest absolute Gasteiger partial charge is 0.480 e. The van der Waals surface area contributed by atoms with Crippen LogP contribution in [0.15, 0.2) is 109 Å². The number of carboxylic acid groups (broad SMARTS) is 1. The minimum atomic E-state index is -4.81. The van der Waals surface area contributed by atoms with Crippen LogP contribution in [0.1, 0.15) is 136 Å². The third-order valence-electron chi connectivity index (χ3n) is 8.48. The van der Waals surface area contributed by atoms with Crippen LogP contribution in [0.2, 0.25) is 0 Å². The van der Waals surface area contributed by atoms with Gasteiger partial charge in [-0.2, -0.15) is 0 Å². The fraction of sp³-hybridized carbons (Fsp3) is 0.542. The number of nitrogens with two attached hydrogens (primary N) is 1. The van der Waals surface area contributed by atoms with Crippen LogP contribution in [-0.2, 0) is 42.3 Å². The fourth-order valence-electron chi connectivity index (χ4n) is 5.00. The van der Waals surface area contributed by atoms with E-state index in [1.165, 1.54) is 44.6 Å². The zero-order valence-electron chi connectivity index (χ0n) is 36.7. The van der Waals surface area contributed by atoms with Crippen LogP contribution in [-0.4, -0.2) is 65.7 Å². The second kappa shape index (κ2) is 41.2. The Balaban J connectivity index is 4.70. The van der Waals surface area contributed by atoms with Crippen molar-refractivity contribution in [2.45, 2.75) is 148 Å². The quantitative estimate of drug-likeness (QED) is 0.0133. The molecule has 0 aliphatic heterocycles. The molecule has 0 saturated carbocycles. The molecule has 0 aliphatic rings. The molecule has 3 atom stereocenters. The summed E-state index contributed by atoms with van der Waals surface area (Å²) in [6, 6.07) is -1.57. The number of unbranched alkanes of at least 4 members (excludes halogenated alkanes) is 6. The molecular weight excluding hydrogens is 797 g/mol. The first-order valence-corrected chi connectivity index (χ1v) is 23.4. The van der Waals surface area contributed by atoms with Gasteiger partial charge in [-0.3, -0.25) is 28.2 Å². The van der Waals surface area contributed by atoms with Crippen LogP contribution in [0.5, 0.6) is 0 Å². The molecule has 0 spiro atoms. The van der Waals surface area contributed by atoms with Gasteiger partial charge in [-0.15, -0.1) is 0 Å². The standard InChI is InChI=1S/C48H74NO11P/c1-3-5-7-9-11-13-15-17-18-19-20-21-22-24-26-28-30-32-34-38-46(51)57-40-44(41-58-61(55,56)59-42-45(49)48(53)54)60-47(52)39-35-37-43(50)36-33-31-29-27-25-23-16-14-12-10-8-6-4-2/h11-14,17-18,20-21,23-26,29-33,36,44-45H,3-10,15-16,19,22,27-28,34-35,37-42,49H2,1-2H3,(H,53,54)(H,55,56)/b13-11-,14-12-,18-17-,21-20-,25-23-,26-24-,31-29-,32-30-,36-33+/t44-,45+/m1/s1. The predicted octanol–water partition coefficient (Wildman–Crippen LogP) is 11.0. The average Bonchev–Trinajstić information content (AvgIpc) is 3.23. The van der Waals surface area contributed by atoms with E-state index in [1.54, 1.807) is 12.2 Å². The van der Waals surface area contributed by atoms with Gasteiger partial charge in [0.2, 0.25) is 0 Å². The molecule has 342 valence electrons. The van der Waals surface area contributed by atoms with E-state index in [0.717, 1.165) is 44.9 Å². The molecule has 0 radical (unpaired) electrons. The smallest absolute Gasteiger partial charge is 0.472 e. The Hall–Kier alpha value is -4.19. The number of carbonyl (C=O) groups is 4. The number of esters is 2. The van der Waals surface area contributed by atoms with Crippen molar-refractivity contribution in [1.82, 2.24) is 0 Å². The molecule has 0 aromatic carbocycles. The summed E-state index contributed by atoms with van der Waals surface area (Å²) < 4.78 is 32.4. The van der Waals surface area contributed by atoms with Gasteiger partial charge in [0.15, 0.2) is 11.9 Å². The Bertz CT molecular complexity index is 1510. The Morgan fingerprint density at radius 3 is 1.54 bits per heavy atom. The van der Waals surface area contributed by atoms with Gasteiger partial charge in [0, 0.05) is 19.3 Å². The number of ketones is 1. The first-order valence-electron chi connectivity index (χ1n) is 21.9. The first kappa shape index (κ1) is 56.8. The molecule has 0 saturated heterocycles. The maximum Gasteiger partial charge on any atom is 0.472 e. The van der Waals surface area contributed by atoms with Crippen molar-refractivity contribution in [2.24, 2.45) is 5.73 Å². The molecule has 61 heavy (non-hydrogen) atoms. The van der Waals surface area contributed by atoms with Gasteiger partial charge in [0.05, 0.1) is 13.2 Å². The van der Waals surface area contributed by atoms with Crippen molar-refractivity contribution in [3.8, 4) is 0 Å². The number of allylic oxidation sites excluding steroid dienone is 18. The van der Waals surface area contributed by atoms with Gasteiger partial charge in [0.25, 0.3) is 0 Å². The average molecular weight is 872 g/mol. The van der Waals surface area contributed by atoms with Gasteiger partial charge < -0.3 is 25.2 Å². The number of rotatable bonds is 39. The van der Waals surface area contributed by atoms with Gasteiger partial charge in [-0.1, -0.05) is 143 Å². The lowest BCUT2D eigenvalue weighted by Crippen LogP contribution is -2.34. The molecule has 0 bridgehead atoms. The van der Waals surface area contributed by atoms with Crippen molar-refractivity contribution in [3.63, 3.8) is 0 Å². The minimum Gasteiger partial charge on any atom is -0.480 e. The summed E-state index contributed by atoms with van der Waals surface area (Å²) in [6.07, 6.45) is 50.4.